The van der Waals surface area contributed by atoms with Gasteiger partial charge in [0.1, 0.15) is 0 Å². The normalized spacial score (nSPS) is 10.8. The monoisotopic (exact) mass is 316 g/mol. The number of nitrogens with one attached hydrogen (secondary N) is 1. The summed E-state index contributed by atoms with van der Waals surface area (Å²) in [5, 5.41) is 3.84. The fourth-order valence-electron chi connectivity index (χ4n) is 2.09. The van der Waals surface area contributed by atoms with Crippen molar-refractivity contribution in [2.24, 2.45) is 0 Å². The molecule has 0 unspecified atom stereocenters. The van der Waals surface area contributed by atoms with E-state index < -0.39 is 0 Å². The molecular formula is C16H13ClN2OS. The van der Waals surface area contributed by atoms with Crippen molar-refractivity contribution < 1.29 is 4.79 Å². The second-order valence-electron chi connectivity index (χ2n) is 4.81. The van der Waals surface area contributed by atoms with Gasteiger partial charge in [0.05, 0.1) is 20.8 Å². The summed E-state index contributed by atoms with van der Waals surface area (Å²) in [6.07, 6.45) is 0. The van der Waals surface area contributed by atoms with Gasteiger partial charge >= 0.3 is 0 Å². The van der Waals surface area contributed by atoms with Crippen LogP contribution in [0.2, 0.25) is 5.02 Å². The molecule has 0 aliphatic heterocycles. The second kappa shape index (κ2) is 5.47. The highest BCUT2D eigenvalue weighted by Gasteiger charge is 2.13. The maximum atomic E-state index is 12.2. The molecule has 0 aliphatic carbocycles. The Morgan fingerprint density at radius 3 is 2.71 bits per heavy atom. The Balaban J connectivity index is 1.94. The van der Waals surface area contributed by atoms with Crippen molar-refractivity contribution in [2.45, 2.75) is 13.8 Å². The third-order valence-corrected chi connectivity index (χ3v) is 4.69. The van der Waals surface area contributed by atoms with Gasteiger partial charge in [0.25, 0.3) is 5.91 Å². The highest BCUT2D eigenvalue weighted by atomic mass is 35.5. The summed E-state index contributed by atoms with van der Waals surface area (Å²) in [7, 11) is 0. The van der Waals surface area contributed by atoms with Crippen LogP contribution in [0.5, 0.6) is 0 Å². The Morgan fingerprint density at radius 2 is 1.95 bits per heavy atom. The number of nitrogens with zero attached hydrogens (tertiary/aromatic N) is 1. The third kappa shape index (κ3) is 2.64. The van der Waals surface area contributed by atoms with Crippen molar-refractivity contribution in [3.8, 4) is 0 Å². The lowest BCUT2D eigenvalue weighted by Gasteiger charge is -2.03. The minimum absolute atomic E-state index is 0.242. The maximum absolute atomic E-state index is 12.2. The summed E-state index contributed by atoms with van der Waals surface area (Å²) < 4.78 is 1.06. The quantitative estimate of drug-likeness (QED) is 0.736. The summed E-state index contributed by atoms with van der Waals surface area (Å²) in [4.78, 5) is 16.7. The average molecular weight is 317 g/mol. The lowest BCUT2D eigenvalue weighted by molar-refractivity contribution is 0.102. The topological polar surface area (TPSA) is 42.0 Å². The number of benzene rings is 2. The highest BCUT2D eigenvalue weighted by molar-refractivity contribution is 7.22. The van der Waals surface area contributed by atoms with Gasteiger partial charge < -0.3 is 0 Å². The standard InChI is InChI=1S/C16H13ClN2OS/c1-9-7-8-13-14(10(9)2)18-16(21-13)19-15(20)11-5-3-4-6-12(11)17/h3-8H,1-2H3,(H,18,19,20). The van der Waals surface area contributed by atoms with E-state index in [0.29, 0.717) is 15.7 Å². The summed E-state index contributed by atoms with van der Waals surface area (Å²) in [6, 6.07) is 11.1. The van der Waals surface area contributed by atoms with Gasteiger partial charge in [0, 0.05) is 0 Å². The van der Waals surface area contributed by atoms with Crippen LogP contribution in [0.4, 0.5) is 5.13 Å². The number of rotatable bonds is 2. The fraction of sp³-hybridized carbons (Fsp3) is 0.125. The van der Waals surface area contributed by atoms with Crippen molar-refractivity contribution in [3.63, 3.8) is 0 Å². The van der Waals surface area contributed by atoms with Crippen LogP contribution in [0, 0.1) is 13.8 Å². The summed E-state index contributed by atoms with van der Waals surface area (Å²) in [5.74, 6) is -0.242. The number of aromatic nitrogens is 1. The Labute approximate surface area is 131 Å². The summed E-state index contributed by atoms with van der Waals surface area (Å²) >= 11 is 7.50. The van der Waals surface area contributed by atoms with E-state index in [4.69, 9.17) is 11.6 Å². The molecule has 2 aromatic carbocycles. The molecule has 0 radical (unpaired) electrons. The first-order valence-corrected chi connectivity index (χ1v) is 7.68. The van der Waals surface area contributed by atoms with Crippen LogP contribution in [0.15, 0.2) is 36.4 Å². The molecule has 0 saturated heterocycles. The number of anilines is 1. The molecule has 5 heteroatoms. The number of amides is 1. The van der Waals surface area contributed by atoms with Crippen molar-refractivity contribution >= 4 is 44.2 Å². The molecule has 0 atom stereocenters. The summed E-state index contributed by atoms with van der Waals surface area (Å²) in [6.45, 7) is 4.09. The number of hydrogen-bond acceptors (Lipinski definition) is 3. The van der Waals surface area contributed by atoms with Gasteiger partial charge in [-0.05, 0) is 43.2 Å². The molecule has 3 rings (SSSR count). The predicted molar refractivity (Wildman–Crippen MR) is 88.5 cm³/mol. The van der Waals surface area contributed by atoms with Crippen LogP contribution in [0.3, 0.4) is 0 Å². The van der Waals surface area contributed by atoms with E-state index in [1.54, 1.807) is 24.3 Å². The number of aryl methyl sites for hydroxylation is 2. The lowest BCUT2D eigenvalue weighted by atomic mass is 10.1. The van der Waals surface area contributed by atoms with Crippen LogP contribution in [0.25, 0.3) is 10.2 Å². The number of hydrogen-bond donors (Lipinski definition) is 1. The Bertz CT molecular complexity index is 841. The van der Waals surface area contributed by atoms with Crippen molar-refractivity contribution in [1.29, 1.82) is 0 Å². The number of thiazole rings is 1. The zero-order valence-electron chi connectivity index (χ0n) is 11.6. The minimum atomic E-state index is -0.242. The molecule has 0 aliphatic rings. The molecule has 3 nitrogen and oxygen atoms in total. The van der Waals surface area contributed by atoms with Crippen LogP contribution in [0.1, 0.15) is 21.5 Å². The molecular weight excluding hydrogens is 304 g/mol. The fourth-order valence-corrected chi connectivity index (χ4v) is 3.23. The van der Waals surface area contributed by atoms with E-state index in [2.05, 4.69) is 23.3 Å². The molecule has 0 bridgehead atoms. The van der Waals surface area contributed by atoms with Crippen molar-refractivity contribution in [3.05, 3.63) is 58.1 Å². The summed E-state index contributed by atoms with van der Waals surface area (Å²) in [5.41, 5.74) is 3.72. The van der Waals surface area contributed by atoms with Crippen LogP contribution >= 0.6 is 22.9 Å². The number of carbonyl (C=O) groups is 1. The zero-order valence-corrected chi connectivity index (χ0v) is 13.2. The van der Waals surface area contributed by atoms with Crippen LogP contribution in [-0.2, 0) is 0 Å². The van der Waals surface area contributed by atoms with E-state index in [1.807, 2.05) is 13.0 Å². The largest absolute Gasteiger partial charge is 0.298 e. The molecule has 0 saturated carbocycles. The van der Waals surface area contributed by atoms with Gasteiger partial charge in [-0.2, -0.15) is 0 Å². The lowest BCUT2D eigenvalue weighted by Crippen LogP contribution is -2.12. The van der Waals surface area contributed by atoms with Gasteiger partial charge in [-0.15, -0.1) is 0 Å². The SMILES string of the molecule is Cc1ccc2sc(NC(=O)c3ccccc3Cl)nc2c1C. The molecule has 0 spiro atoms. The second-order valence-corrected chi connectivity index (χ2v) is 6.25. The van der Waals surface area contributed by atoms with Crippen molar-refractivity contribution in [2.75, 3.05) is 5.32 Å². The van der Waals surface area contributed by atoms with Gasteiger partial charge in [-0.3, -0.25) is 10.1 Å². The number of carbonyl (C=O) groups excluding carboxylic acids is 1. The minimum Gasteiger partial charge on any atom is -0.298 e. The molecule has 1 aromatic heterocycles. The molecule has 106 valence electrons. The van der Waals surface area contributed by atoms with E-state index in [9.17, 15) is 4.79 Å². The molecule has 3 aromatic rings. The first-order valence-electron chi connectivity index (χ1n) is 6.49. The van der Waals surface area contributed by atoms with Gasteiger partial charge in [-0.1, -0.05) is 41.1 Å². The third-order valence-electron chi connectivity index (χ3n) is 3.42. The Kier molecular flexibility index (Phi) is 3.66. The molecule has 1 heterocycles. The molecule has 0 fully saturated rings. The van der Waals surface area contributed by atoms with Gasteiger partial charge in [0.15, 0.2) is 5.13 Å². The number of fused-ring (bicyclic) bond motifs is 1. The first-order chi connectivity index (χ1) is 10.1. The van der Waals surface area contributed by atoms with Crippen LogP contribution in [-0.4, -0.2) is 10.9 Å². The Morgan fingerprint density at radius 1 is 1.19 bits per heavy atom. The van der Waals surface area contributed by atoms with E-state index >= 15 is 0 Å². The van der Waals surface area contributed by atoms with Gasteiger partial charge in [-0.25, -0.2) is 4.98 Å². The zero-order chi connectivity index (χ0) is 15.0. The van der Waals surface area contributed by atoms with E-state index in [0.717, 1.165) is 15.8 Å². The molecule has 21 heavy (non-hydrogen) atoms. The number of halogens is 1. The van der Waals surface area contributed by atoms with E-state index in [1.165, 1.54) is 16.9 Å². The smallest absolute Gasteiger partial charge is 0.258 e. The highest BCUT2D eigenvalue weighted by Crippen LogP contribution is 2.30. The Hall–Kier alpha value is -1.91. The van der Waals surface area contributed by atoms with Gasteiger partial charge in [0.2, 0.25) is 0 Å². The first kappa shape index (κ1) is 14.0. The average Bonchev–Trinajstić information content (AvgIpc) is 2.87. The van der Waals surface area contributed by atoms with Crippen LogP contribution < -0.4 is 5.32 Å². The maximum Gasteiger partial charge on any atom is 0.258 e. The van der Waals surface area contributed by atoms with E-state index in [-0.39, 0.29) is 5.91 Å². The van der Waals surface area contributed by atoms with Crippen molar-refractivity contribution in [1.82, 2.24) is 4.98 Å². The molecule has 1 amide bonds. The molecule has 1 N–H and O–H groups in total. The predicted octanol–water partition coefficient (Wildman–Crippen LogP) is 4.82.